The number of halogens is 1. The average molecular weight is 312 g/mol. The highest BCUT2D eigenvalue weighted by Gasteiger charge is 2.06. The van der Waals surface area contributed by atoms with Gasteiger partial charge in [-0.05, 0) is 42.8 Å². The average Bonchev–Trinajstić information content (AvgIpc) is 2.41. The van der Waals surface area contributed by atoms with E-state index in [-0.39, 0.29) is 0 Å². The second kappa shape index (κ2) is 5.56. The SMILES string of the molecule is Cc1ccc(C#N)cc1Nc1cc(Br)ccc1C#N. The smallest absolute Gasteiger partial charge is 0.101 e. The number of nitrogens with zero attached hydrogens (tertiary/aromatic N) is 2. The van der Waals surface area contributed by atoms with E-state index < -0.39 is 0 Å². The molecular weight excluding hydrogens is 302 g/mol. The molecule has 0 fully saturated rings. The van der Waals surface area contributed by atoms with E-state index in [1.807, 2.05) is 25.1 Å². The molecule has 92 valence electrons. The molecule has 1 N–H and O–H groups in total. The third-order valence-electron chi connectivity index (χ3n) is 2.74. The van der Waals surface area contributed by atoms with Gasteiger partial charge in [0.1, 0.15) is 6.07 Å². The first-order chi connectivity index (χ1) is 9.13. The summed E-state index contributed by atoms with van der Waals surface area (Å²) in [5.74, 6) is 0. The third kappa shape index (κ3) is 2.93. The Kier molecular flexibility index (Phi) is 3.85. The summed E-state index contributed by atoms with van der Waals surface area (Å²) in [7, 11) is 0. The molecule has 0 aliphatic carbocycles. The molecular formula is C15H10BrN3. The molecule has 0 unspecified atom stereocenters. The lowest BCUT2D eigenvalue weighted by molar-refractivity contribution is 1.39. The minimum absolute atomic E-state index is 0.560. The van der Waals surface area contributed by atoms with E-state index in [0.717, 1.165) is 21.4 Å². The monoisotopic (exact) mass is 311 g/mol. The van der Waals surface area contributed by atoms with Crippen molar-refractivity contribution in [2.75, 3.05) is 5.32 Å². The molecule has 4 heteroatoms. The number of aryl methyl sites for hydroxylation is 1. The highest BCUT2D eigenvalue weighted by atomic mass is 79.9. The predicted molar refractivity (Wildman–Crippen MR) is 78.0 cm³/mol. The van der Waals surface area contributed by atoms with Gasteiger partial charge in [-0.25, -0.2) is 0 Å². The molecule has 0 heterocycles. The van der Waals surface area contributed by atoms with Crippen LogP contribution < -0.4 is 5.32 Å². The van der Waals surface area contributed by atoms with Gasteiger partial charge in [-0.2, -0.15) is 10.5 Å². The second-order valence-electron chi connectivity index (χ2n) is 4.07. The van der Waals surface area contributed by atoms with Gasteiger partial charge >= 0.3 is 0 Å². The van der Waals surface area contributed by atoms with Crippen LogP contribution in [0.3, 0.4) is 0 Å². The fraction of sp³-hybridized carbons (Fsp3) is 0.0667. The van der Waals surface area contributed by atoms with Crippen molar-refractivity contribution in [2.24, 2.45) is 0 Å². The number of rotatable bonds is 2. The minimum Gasteiger partial charge on any atom is -0.354 e. The topological polar surface area (TPSA) is 59.6 Å². The predicted octanol–water partition coefficient (Wildman–Crippen LogP) is 4.24. The van der Waals surface area contributed by atoms with E-state index in [9.17, 15) is 0 Å². The van der Waals surface area contributed by atoms with Crippen molar-refractivity contribution >= 4 is 27.3 Å². The number of hydrogen-bond acceptors (Lipinski definition) is 3. The Balaban J connectivity index is 2.45. The van der Waals surface area contributed by atoms with Crippen molar-refractivity contribution in [3.8, 4) is 12.1 Å². The first-order valence-electron chi connectivity index (χ1n) is 5.61. The van der Waals surface area contributed by atoms with Gasteiger partial charge in [-0.1, -0.05) is 22.0 Å². The zero-order valence-electron chi connectivity index (χ0n) is 10.2. The Morgan fingerprint density at radius 2 is 1.79 bits per heavy atom. The highest BCUT2D eigenvalue weighted by molar-refractivity contribution is 9.10. The third-order valence-corrected chi connectivity index (χ3v) is 3.23. The molecule has 19 heavy (non-hydrogen) atoms. The van der Waals surface area contributed by atoms with Crippen LogP contribution in [0.15, 0.2) is 40.9 Å². The molecule has 0 saturated carbocycles. The van der Waals surface area contributed by atoms with Gasteiger partial charge in [0.05, 0.1) is 22.9 Å². The highest BCUT2D eigenvalue weighted by Crippen LogP contribution is 2.26. The van der Waals surface area contributed by atoms with Crippen molar-refractivity contribution in [3.63, 3.8) is 0 Å². The molecule has 0 atom stereocenters. The summed E-state index contributed by atoms with van der Waals surface area (Å²) >= 11 is 3.38. The molecule has 0 saturated heterocycles. The van der Waals surface area contributed by atoms with E-state index in [2.05, 4.69) is 33.4 Å². The fourth-order valence-corrected chi connectivity index (χ4v) is 2.05. The van der Waals surface area contributed by atoms with Crippen molar-refractivity contribution in [3.05, 3.63) is 57.6 Å². The standard InChI is InChI=1S/C15H10BrN3/c1-10-2-3-11(8-17)6-14(10)19-15-7-13(16)5-4-12(15)9-18/h2-7,19H,1H3. The first-order valence-corrected chi connectivity index (χ1v) is 6.41. The Hall–Kier alpha value is -2.30. The van der Waals surface area contributed by atoms with Gasteiger partial charge < -0.3 is 5.32 Å². The first kappa shape index (κ1) is 13.1. The molecule has 3 nitrogen and oxygen atoms in total. The van der Waals surface area contributed by atoms with Crippen LogP contribution in [0.25, 0.3) is 0 Å². The van der Waals surface area contributed by atoms with Gasteiger partial charge in [0.2, 0.25) is 0 Å². The molecule has 2 aromatic carbocycles. The van der Waals surface area contributed by atoms with E-state index in [4.69, 9.17) is 10.5 Å². The zero-order valence-corrected chi connectivity index (χ0v) is 11.8. The molecule has 0 aliphatic heterocycles. The van der Waals surface area contributed by atoms with Crippen molar-refractivity contribution in [1.29, 1.82) is 10.5 Å². The lowest BCUT2D eigenvalue weighted by Crippen LogP contribution is -1.96. The van der Waals surface area contributed by atoms with Crippen LogP contribution in [-0.4, -0.2) is 0 Å². The Morgan fingerprint density at radius 1 is 1.00 bits per heavy atom. The van der Waals surface area contributed by atoms with Crippen LogP contribution in [0.5, 0.6) is 0 Å². The van der Waals surface area contributed by atoms with E-state index >= 15 is 0 Å². The normalized spacial score (nSPS) is 9.47. The van der Waals surface area contributed by atoms with Crippen molar-refractivity contribution in [2.45, 2.75) is 6.92 Å². The van der Waals surface area contributed by atoms with E-state index in [0.29, 0.717) is 11.1 Å². The summed E-state index contributed by atoms with van der Waals surface area (Å²) < 4.78 is 0.892. The van der Waals surface area contributed by atoms with Gasteiger partial charge in [-0.3, -0.25) is 0 Å². The quantitative estimate of drug-likeness (QED) is 0.902. The lowest BCUT2D eigenvalue weighted by atomic mass is 10.1. The lowest BCUT2D eigenvalue weighted by Gasteiger charge is -2.11. The van der Waals surface area contributed by atoms with Crippen LogP contribution in [0.2, 0.25) is 0 Å². The number of hydrogen-bond donors (Lipinski definition) is 1. The zero-order chi connectivity index (χ0) is 13.8. The summed E-state index contributed by atoms with van der Waals surface area (Å²) in [6.07, 6.45) is 0. The molecule has 2 rings (SSSR count). The summed E-state index contributed by atoms with van der Waals surface area (Å²) in [5, 5.41) is 21.2. The minimum atomic E-state index is 0.560. The number of nitriles is 2. The molecule has 0 amide bonds. The summed E-state index contributed by atoms with van der Waals surface area (Å²) in [4.78, 5) is 0. The van der Waals surface area contributed by atoms with Crippen LogP contribution in [0.4, 0.5) is 11.4 Å². The molecule has 2 aromatic rings. The van der Waals surface area contributed by atoms with Crippen LogP contribution in [0.1, 0.15) is 16.7 Å². The number of anilines is 2. The summed E-state index contributed by atoms with van der Waals surface area (Å²) in [5.41, 5.74) is 3.71. The maximum atomic E-state index is 9.10. The fourth-order valence-electron chi connectivity index (χ4n) is 1.69. The molecule has 0 aromatic heterocycles. The summed E-state index contributed by atoms with van der Waals surface area (Å²) in [6, 6.07) is 15.1. The molecule has 0 spiro atoms. The Bertz CT molecular complexity index is 708. The van der Waals surface area contributed by atoms with Gasteiger partial charge in [-0.15, -0.1) is 0 Å². The van der Waals surface area contributed by atoms with Gasteiger partial charge in [0.15, 0.2) is 0 Å². The van der Waals surface area contributed by atoms with Crippen LogP contribution >= 0.6 is 15.9 Å². The number of nitrogens with one attached hydrogen (secondary N) is 1. The maximum Gasteiger partial charge on any atom is 0.101 e. The van der Waals surface area contributed by atoms with Crippen molar-refractivity contribution in [1.82, 2.24) is 0 Å². The summed E-state index contributed by atoms with van der Waals surface area (Å²) in [6.45, 7) is 1.95. The molecule has 0 aliphatic rings. The van der Waals surface area contributed by atoms with Gasteiger partial charge in [0.25, 0.3) is 0 Å². The van der Waals surface area contributed by atoms with Gasteiger partial charge in [0, 0.05) is 10.2 Å². The molecule has 0 bridgehead atoms. The van der Waals surface area contributed by atoms with Crippen LogP contribution in [0, 0.1) is 29.6 Å². The Labute approximate surface area is 120 Å². The van der Waals surface area contributed by atoms with Crippen molar-refractivity contribution < 1.29 is 0 Å². The van der Waals surface area contributed by atoms with E-state index in [1.165, 1.54) is 0 Å². The number of benzene rings is 2. The molecule has 0 radical (unpaired) electrons. The van der Waals surface area contributed by atoms with Crippen LogP contribution in [-0.2, 0) is 0 Å². The maximum absolute atomic E-state index is 9.10. The largest absolute Gasteiger partial charge is 0.354 e. The Morgan fingerprint density at radius 3 is 2.47 bits per heavy atom. The van der Waals surface area contributed by atoms with E-state index in [1.54, 1.807) is 18.2 Å². The second-order valence-corrected chi connectivity index (χ2v) is 4.98.